The quantitative estimate of drug-likeness (QED) is 0.244. The van der Waals surface area contributed by atoms with E-state index in [2.05, 4.69) is 20.7 Å². The SMILES string of the molecule is CN=C(NCCCOc1ccc(Cl)cc1C)NCCCn1cccn1.I. The maximum atomic E-state index is 5.94. The fourth-order valence-electron chi connectivity index (χ4n) is 2.34. The van der Waals surface area contributed by atoms with E-state index in [1.807, 2.05) is 42.1 Å². The first kappa shape index (κ1) is 22.6. The van der Waals surface area contributed by atoms with Crippen molar-refractivity contribution < 1.29 is 4.74 Å². The van der Waals surface area contributed by atoms with Crippen molar-refractivity contribution in [3.8, 4) is 5.75 Å². The Balaban J connectivity index is 0.00000338. The second kappa shape index (κ2) is 12.8. The summed E-state index contributed by atoms with van der Waals surface area (Å²) in [5.74, 6) is 1.69. The van der Waals surface area contributed by atoms with Crippen molar-refractivity contribution >= 4 is 41.5 Å². The average molecular weight is 492 g/mol. The number of guanidine groups is 1. The van der Waals surface area contributed by atoms with E-state index in [4.69, 9.17) is 16.3 Å². The number of ether oxygens (including phenoxy) is 1. The highest BCUT2D eigenvalue weighted by atomic mass is 127. The van der Waals surface area contributed by atoms with Crippen LogP contribution in [0, 0.1) is 6.92 Å². The Morgan fingerprint density at radius 1 is 1.27 bits per heavy atom. The second-order valence-corrected chi connectivity index (χ2v) is 6.10. The van der Waals surface area contributed by atoms with E-state index < -0.39 is 0 Å². The number of aryl methyl sites for hydroxylation is 2. The van der Waals surface area contributed by atoms with Crippen LogP contribution in [0.3, 0.4) is 0 Å². The van der Waals surface area contributed by atoms with Crippen molar-refractivity contribution in [2.75, 3.05) is 26.7 Å². The summed E-state index contributed by atoms with van der Waals surface area (Å²) < 4.78 is 7.70. The molecule has 2 N–H and O–H groups in total. The molecule has 2 rings (SSSR count). The highest BCUT2D eigenvalue weighted by molar-refractivity contribution is 14.0. The lowest BCUT2D eigenvalue weighted by Gasteiger charge is -2.13. The average Bonchev–Trinajstić information content (AvgIpc) is 3.11. The minimum Gasteiger partial charge on any atom is -0.493 e. The lowest BCUT2D eigenvalue weighted by Crippen LogP contribution is -2.38. The molecule has 0 atom stereocenters. The van der Waals surface area contributed by atoms with Gasteiger partial charge in [-0.05, 0) is 49.6 Å². The van der Waals surface area contributed by atoms with E-state index >= 15 is 0 Å². The first-order chi connectivity index (χ1) is 12.2. The minimum atomic E-state index is 0. The smallest absolute Gasteiger partial charge is 0.190 e. The Hall–Kier alpha value is -1.48. The molecule has 0 amide bonds. The lowest BCUT2D eigenvalue weighted by molar-refractivity contribution is 0.309. The molecule has 0 aliphatic heterocycles. The number of halogens is 2. The van der Waals surface area contributed by atoms with Gasteiger partial charge in [0.1, 0.15) is 5.75 Å². The molecule has 6 nitrogen and oxygen atoms in total. The third-order valence-electron chi connectivity index (χ3n) is 3.65. The van der Waals surface area contributed by atoms with E-state index in [0.29, 0.717) is 6.61 Å². The Bertz CT molecular complexity index is 664. The molecule has 8 heteroatoms. The summed E-state index contributed by atoms with van der Waals surface area (Å²) in [5.41, 5.74) is 1.05. The summed E-state index contributed by atoms with van der Waals surface area (Å²) in [6, 6.07) is 7.59. The minimum absolute atomic E-state index is 0. The molecule has 26 heavy (non-hydrogen) atoms. The van der Waals surface area contributed by atoms with Gasteiger partial charge in [-0.1, -0.05) is 11.6 Å². The maximum absolute atomic E-state index is 5.94. The van der Waals surface area contributed by atoms with Gasteiger partial charge in [0.25, 0.3) is 0 Å². The van der Waals surface area contributed by atoms with Crippen LogP contribution < -0.4 is 15.4 Å². The molecular formula is C18H27ClIN5O. The lowest BCUT2D eigenvalue weighted by atomic mass is 10.2. The number of nitrogens with zero attached hydrogens (tertiary/aromatic N) is 3. The van der Waals surface area contributed by atoms with Crippen LogP contribution in [-0.2, 0) is 6.54 Å². The van der Waals surface area contributed by atoms with Gasteiger partial charge in [-0.2, -0.15) is 5.10 Å². The number of rotatable bonds is 9. The molecule has 0 saturated heterocycles. The Labute approximate surface area is 177 Å². The van der Waals surface area contributed by atoms with Crippen molar-refractivity contribution in [3.05, 3.63) is 47.2 Å². The van der Waals surface area contributed by atoms with Gasteiger partial charge in [0.15, 0.2) is 5.96 Å². The van der Waals surface area contributed by atoms with Crippen LogP contribution in [0.2, 0.25) is 5.02 Å². The van der Waals surface area contributed by atoms with E-state index in [1.54, 1.807) is 13.2 Å². The topological polar surface area (TPSA) is 63.5 Å². The van der Waals surface area contributed by atoms with Gasteiger partial charge < -0.3 is 15.4 Å². The predicted molar refractivity (Wildman–Crippen MR) is 118 cm³/mol. The van der Waals surface area contributed by atoms with E-state index in [0.717, 1.165) is 54.8 Å². The van der Waals surface area contributed by atoms with Crippen LogP contribution in [0.4, 0.5) is 0 Å². The van der Waals surface area contributed by atoms with Gasteiger partial charge in [-0.3, -0.25) is 9.67 Å². The first-order valence-corrected chi connectivity index (χ1v) is 8.87. The number of nitrogens with one attached hydrogen (secondary N) is 2. The normalized spacial score (nSPS) is 11.0. The van der Waals surface area contributed by atoms with Crippen LogP contribution in [-0.4, -0.2) is 42.5 Å². The van der Waals surface area contributed by atoms with E-state index in [9.17, 15) is 0 Å². The van der Waals surface area contributed by atoms with Crippen LogP contribution in [0.15, 0.2) is 41.7 Å². The summed E-state index contributed by atoms with van der Waals surface area (Å²) in [6.45, 7) is 5.18. The van der Waals surface area contributed by atoms with E-state index in [-0.39, 0.29) is 24.0 Å². The molecule has 1 aromatic heterocycles. The molecule has 1 heterocycles. The van der Waals surface area contributed by atoms with Crippen molar-refractivity contribution in [2.45, 2.75) is 26.3 Å². The van der Waals surface area contributed by atoms with Gasteiger partial charge in [-0.25, -0.2) is 0 Å². The zero-order valence-corrected chi connectivity index (χ0v) is 18.3. The monoisotopic (exact) mass is 491 g/mol. The van der Waals surface area contributed by atoms with Crippen LogP contribution >= 0.6 is 35.6 Å². The molecule has 2 aromatic rings. The zero-order valence-electron chi connectivity index (χ0n) is 15.2. The molecule has 0 unspecified atom stereocenters. The van der Waals surface area contributed by atoms with Gasteiger partial charge in [0, 0.05) is 44.1 Å². The van der Waals surface area contributed by atoms with Crippen molar-refractivity contribution in [3.63, 3.8) is 0 Å². The van der Waals surface area contributed by atoms with Gasteiger partial charge >= 0.3 is 0 Å². The van der Waals surface area contributed by atoms with Gasteiger partial charge in [-0.15, -0.1) is 24.0 Å². The zero-order chi connectivity index (χ0) is 17.9. The fraction of sp³-hybridized carbons (Fsp3) is 0.444. The summed E-state index contributed by atoms with van der Waals surface area (Å²) in [7, 11) is 1.77. The first-order valence-electron chi connectivity index (χ1n) is 8.50. The summed E-state index contributed by atoms with van der Waals surface area (Å²) in [6.07, 6.45) is 5.63. The molecule has 0 aliphatic rings. The summed E-state index contributed by atoms with van der Waals surface area (Å²) >= 11 is 5.94. The third kappa shape index (κ3) is 8.27. The van der Waals surface area contributed by atoms with Crippen molar-refractivity contribution in [1.82, 2.24) is 20.4 Å². The number of hydrogen-bond acceptors (Lipinski definition) is 3. The molecule has 0 fully saturated rings. The number of aliphatic imine (C=N–C) groups is 1. The highest BCUT2D eigenvalue weighted by Gasteiger charge is 2.01. The second-order valence-electron chi connectivity index (χ2n) is 5.66. The molecule has 144 valence electrons. The number of hydrogen-bond donors (Lipinski definition) is 2. The van der Waals surface area contributed by atoms with Crippen LogP contribution in [0.1, 0.15) is 18.4 Å². The van der Waals surface area contributed by atoms with Crippen molar-refractivity contribution in [1.29, 1.82) is 0 Å². The molecule has 0 bridgehead atoms. The Kier molecular flexibility index (Phi) is 11.1. The highest BCUT2D eigenvalue weighted by Crippen LogP contribution is 2.21. The van der Waals surface area contributed by atoms with Crippen LogP contribution in [0.25, 0.3) is 0 Å². The Morgan fingerprint density at radius 2 is 2.04 bits per heavy atom. The summed E-state index contributed by atoms with van der Waals surface area (Å²) in [5, 5.41) is 11.5. The Morgan fingerprint density at radius 3 is 2.69 bits per heavy atom. The number of aromatic nitrogens is 2. The molecule has 0 aliphatic carbocycles. The largest absolute Gasteiger partial charge is 0.493 e. The molecule has 0 spiro atoms. The molecular weight excluding hydrogens is 465 g/mol. The molecule has 0 saturated carbocycles. The third-order valence-corrected chi connectivity index (χ3v) is 3.88. The van der Waals surface area contributed by atoms with Crippen LogP contribution in [0.5, 0.6) is 5.75 Å². The van der Waals surface area contributed by atoms with Gasteiger partial charge in [0.2, 0.25) is 0 Å². The van der Waals surface area contributed by atoms with Crippen molar-refractivity contribution in [2.24, 2.45) is 4.99 Å². The molecule has 0 radical (unpaired) electrons. The summed E-state index contributed by atoms with van der Waals surface area (Å²) in [4.78, 5) is 4.22. The predicted octanol–water partition coefficient (Wildman–Crippen LogP) is 3.49. The van der Waals surface area contributed by atoms with Gasteiger partial charge in [0.05, 0.1) is 6.61 Å². The molecule has 1 aromatic carbocycles. The fourth-order valence-corrected chi connectivity index (χ4v) is 2.56. The maximum Gasteiger partial charge on any atom is 0.190 e. The number of benzene rings is 1. The van der Waals surface area contributed by atoms with E-state index in [1.165, 1.54) is 0 Å². The standard InChI is InChI=1S/C18H26ClN5O.HI/c1-15-14-16(19)6-7-17(15)25-13-5-9-22-18(20-2)21-8-3-11-24-12-4-10-23-24;/h4,6-7,10,12,14H,3,5,8-9,11,13H2,1-2H3,(H2,20,21,22);1H.